The van der Waals surface area contributed by atoms with E-state index >= 15 is 0 Å². The molecule has 78 valence electrons. The van der Waals surface area contributed by atoms with Crippen LogP contribution in [0.3, 0.4) is 0 Å². The number of hydrogen-bond acceptors (Lipinski definition) is 1. The standard InChI is InChI=1S/C11H14O.C2H6/c1-8-6-9(2)10-4-3-5-12-11(10)7-8;1-2/h6-7H,3-5H2,1-2H3;1-2H3. The zero-order valence-corrected chi connectivity index (χ0v) is 9.68. The predicted octanol–water partition coefficient (Wildman–Crippen LogP) is 3.65. The van der Waals surface area contributed by atoms with E-state index in [9.17, 15) is 0 Å². The Morgan fingerprint density at radius 3 is 2.57 bits per heavy atom. The molecule has 0 aromatic heterocycles. The third-order valence-electron chi connectivity index (χ3n) is 2.41. The molecule has 1 heteroatoms. The first-order valence-electron chi connectivity index (χ1n) is 5.50. The lowest BCUT2D eigenvalue weighted by molar-refractivity contribution is 0.287. The van der Waals surface area contributed by atoms with Crippen LogP contribution in [-0.4, -0.2) is 6.61 Å². The third-order valence-corrected chi connectivity index (χ3v) is 2.41. The Bertz CT molecular complexity index is 302. The van der Waals surface area contributed by atoms with E-state index in [0.717, 1.165) is 18.8 Å². The van der Waals surface area contributed by atoms with Crippen LogP contribution >= 0.6 is 0 Å². The Morgan fingerprint density at radius 2 is 1.86 bits per heavy atom. The number of fused-ring (bicyclic) bond motifs is 1. The van der Waals surface area contributed by atoms with Crippen molar-refractivity contribution in [2.75, 3.05) is 6.61 Å². The Morgan fingerprint density at radius 1 is 1.14 bits per heavy atom. The molecule has 1 aromatic rings. The summed E-state index contributed by atoms with van der Waals surface area (Å²) in [6.07, 6.45) is 2.35. The highest BCUT2D eigenvalue weighted by atomic mass is 16.5. The SMILES string of the molecule is CC.Cc1cc(C)c2c(c1)OCCC2. The molecule has 0 radical (unpaired) electrons. The summed E-state index contributed by atoms with van der Waals surface area (Å²) in [7, 11) is 0. The van der Waals surface area contributed by atoms with Crippen LogP contribution < -0.4 is 4.74 Å². The number of aryl methyl sites for hydroxylation is 2. The Hall–Kier alpha value is -0.980. The molecule has 0 saturated carbocycles. The van der Waals surface area contributed by atoms with Gasteiger partial charge in [-0.2, -0.15) is 0 Å². The van der Waals surface area contributed by atoms with Gasteiger partial charge in [0.1, 0.15) is 5.75 Å². The molecular formula is C13H20O. The van der Waals surface area contributed by atoms with Crippen molar-refractivity contribution in [2.24, 2.45) is 0 Å². The van der Waals surface area contributed by atoms with Crippen LogP contribution in [0.1, 0.15) is 37.0 Å². The molecular weight excluding hydrogens is 172 g/mol. The summed E-state index contributed by atoms with van der Waals surface area (Å²) in [6, 6.07) is 4.37. The average Bonchev–Trinajstić information content (AvgIpc) is 2.20. The Balaban J connectivity index is 0.000000461. The fourth-order valence-electron chi connectivity index (χ4n) is 1.84. The maximum absolute atomic E-state index is 5.59. The monoisotopic (exact) mass is 192 g/mol. The van der Waals surface area contributed by atoms with Gasteiger partial charge >= 0.3 is 0 Å². The van der Waals surface area contributed by atoms with Crippen molar-refractivity contribution in [3.63, 3.8) is 0 Å². The Kier molecular flexibility index (Phi) is 3.99. The van der Waals surface area contributed by atoms with Crippen LogP contribution in [0.5, 0.6) is 5.75 Å². The molecule has 1 heterocycles. The van der Waals surface area contributed by atoms with Crippen LogP contribution in [0.15, 0.2) is 12.1 Å². The number of rotatable bonds is 0. The smallest absolute Gasteiger partial charge is 0.123 e. The molecule has 2 rings (SSSR count). The Labute approximate surface area is 87.1 Å². The van der Waals surface area contributed by atoms with Gasteiger partial charge < -0.3 is 4.74 Å². The molecule has 0 bridgehead atoms. The minimum atomic E-state index is 0.885. The highest BCUT2D eigenvalue weighted by Crippen LogP contribution is 2.28. The normalized spacial score (nSPS) is 13.4. The molecule has 0 unspecified atom stereocenters. The van der Waals surface area contributed by atoms with E-state index in [4.69, 9.17) is 4.74 Å². The van der Waals surface area contributed by atoms with Gasteiger partial charge in [0.2, 0.25) is 0 Å². The van der Waals surface area contributed by atoms with E-state index in [-0.39, 0.29) is 0 Å². The van der Waals surface area contributed by atoms with E-state index < -0.39 is 0 Å². The van der Waals surface area contributed by atoms with Gasteiger partial charge in [-0.15, -0.1) is 0 Å². The quantitative estimate of drug-likeness (QED) is 0.609. The molecule has 0 N–H and O–H groups in total. The van der Waals surface area contributed by atoms with Gasteiger partial charge in [-0.05, 0) is 49.4 Å². The van der Waals surface area contributed by atoms with E-state index in [0.29, 0.717) is 0 Å². The third kappa shape index (κ3) is 2.28. The highest BCUT2D eigenvalue weighted by molar-refractivity contribution is 5.43. The topological polar surface area (TPSA) is 9.23 Å². The van der Waals surface area contributed by atoms with Crippen LogP contribution in [-0.2, 0) is 6.42 Å². The molecule has 0 fully saturated rings. The summed E-state index contributed by atoms with van der Waals surface area (Å²) >= 11 is 0. The van der Waals surface area contributed by atoms with Gasteiger partial charge in [0.05, 0.1) is 6.61 Å². The van der Waals surface area contributed by atoms with Crippen molar-refractivity contribution in [3.8, 4) is 5.75 Å². The summed E-state index contributed by atoms with van der Waals surface area (Å²) in [6.45, 7) is 9.17. The fraction of sp³-hybridized carbons (Fsp3) is 0.538. The summed E-state index contributed by atoms with van der Waals surface area (Å²) < 4.78 is 5.59. The molecule has 0 spiro atoms. The summed E-state index contributed by atoms with van der Waals surface area (Å²) in [5, 5.41) is 0. The summed E-state index contributed by atoms with van der Waals surface area (Å²) in [4.78, 5) is 0. The van der Waals surface area contributed by atoms with Crippen molar-refractivity contribution < 1.29 is 4.74 Å². The molecule has 1 aliphatic rings. The predicted molar refractivity (Wildman–Crippen MR) is 61.1 cm³/mol. The van der Waals surface area contributed by atoms with Crippen molar-refractivity contribution in [3.05, 3.63) is 28.8 Å². The number of hydrogen-bond donors (Lipinski definition) is 0. The lowest BCUT2D eigenvalue weighted by Gasteiger charge is -2.19. The van der Waals surface area contributed by atoms with Gasteiger partial charge in [0.25, 0.3) is 0 Å². The molecule has 0 saturated heterocycles. The molecule has 1 aliphatic heterocycles. The van der Waals surface area contributed by atoms with Crippen molar-refractivity contribution in [1.29, 1.82) is 0 Å². The van der Waals surface area contributed by atoms with Crippen molar-refractivity contribution in [1.82, 2.24) is 0 Å². The average molecular weight is 192 g/mol. The van der Waals surface area contributed by atoms with E-state index in [2.05, 4.69) is 26.0 Å². The lowest BCUT2D eigenvalue weighted by Crippen LogP contribution is -2.09. The lowest BCUT2D eigenvalue weighted by atomic mass is 9.99. The largest absolute Gasteiger partial charge is 0.493 e. The van der Waals surface area contributed by atoms with Crippen LogP contribution in [0, 0.1) is 13.8 Å². The first kappa shape index (κ1) is 11.1. The van der Waals surface area contributed by atoms with Gasteiger partial charge in [-0.25, -0.2) is 0 Å². The zero-order valence-electron chi connectivity index (χ0n) is 9.68. The number of ether oxygens (including phenoxy) is 1. The molecule has 14 heavy (non-hydrogen) atoms. The second kappa shape index (κ2) is 5.04. The molecule has 0 amide bonds. The number of benzene rings is 1. The van der Waals surface area contributed by atoms with Crippen molar-refractivity contribution >= 4 is 0 Å². The minimum absolute atomic E-state index is 0.885. The van der Waals surface area contributed by atoms with Gasteiger partial charge in [-0.1, -0.05) is 19.9 Å². The molecule has 0 aliphatic carbocycles. The maximum Gasteiger partial charge on any atom is 0.123 e. The second-order valence-electron chi connectivity index (χ2n) is 3.51. The highest BCUT2D eigenvalue weighted by Gasteiger charge is 2.12. The molecule has 0 atom stereocenters. The van der Waals surface area contributed by atoms with Crippen molar-refractivity contribution in [2.45, 2.75) is 40.5 Å². The van der Waals surface area contributed by atoms with Crippen LogP contribution in [0.2, 0.25) is 0 Å². The fourth-order valence-corrected chi connectivity index (χ4v) is 1.84. The van der Waals surface area contributed by atoms with Gasteiger partial charge in [-0.3, -0.25) is 0 Å². The summed E-state index contributed by atoms with van der Waals surface area (Å²) in [5.74, 6) is 1.11. The van der Waals surface area contributed by atoms with E-state index in [1.165, 1.54) is 23.1 Å². The second-order valence-corrected chi connectivity index (χ2v) is 3.51. The summed E-state index contributed by atoms with van der Waals surface area (Å²) in [5.41, 5.74) is 4.09. The van der Waals surface area contributed by atoms with Gasteiger partial charge in [0.15, 0.2) is 0 Å². The van der Waals surface area contributed by atoms with E-state index in [1.54, 1.807) is 0 Å². The maximum atomic E-state index is 5.59. The van der Waals surface area contributed by atoms with E-state index in [1.807, 2.05) is 13.8 Å². The first-order valence-corrected chi connectivity index (χ1v) is 5.50. The molecule has 1 aromatic carbocycles. The van der Waals surface area contributed by atoms with Gasteiger partial charge in [0, 0.05) is 0 Å². The molecule has 1 nitrogen and oxygen atoms in total. The zero-order chi connectivity index (χ0) is 10.6. The first-order chi connectivity index (χ1) is 6.77. The van der Waals surface area contributed by atoms with Crippen LogP contribution in [0.4, 0.5) is 0 Å². The van der Waals surface area contributed by atoms with Crippen LogP contribution in [0.25, 0.3) is 0 Å². The minimum Gasteiger partial charge on any atom is -0.493 e.